The quantitative estimate of drug-likeness (QED) is 0.546. The van der Waals surface area contributed by atoms with Gasteiger partial charge in [0.25, 0.3) is 0 Å². The van der Waals surface area contributed by atoms with Crippen LogP contribution in [0.5, 0.6) is 0 Å². The van der Waals surface area contributed by atoms with E-state index in [-0.39, 0.29) is 11.8 Å². The smallest absolute Gasteiger partial charge is 0.224 e. The van der Waals surface area contributed by atoms with Gasteiger partial charge in [-0.25, -0.2) is 0 Å². The van der Waals surface area contributed by atoms with Gasteiger partial charge in [-0.3, -0.25) is 4.79 Å². The summed E-state index contributed by atoms with van der Waals surface area (Å²) in [7, 11) is 1.92. The number of amides is 1. The molecule has 0 rings (SSSR count). The lowest BCUT2D eigenvalue weighted by molar-refractivity contribution is -0.133. The van der Waals surface area contributed by atoms with E-state index in [9.17, 15) is 4.79 Å². The van der Waals surface area contributed by atoms with Crippen LogP contribution in [-0.2, 0) is 4.79 Å². The van der Waals surface area contributed by atoms with Crippen LogP contribution in [0.1, 0.15) is 79.6 Å². The van der Waals surface area contributed by atoms with E-state index in [0.717, 1.165) is 13.0 Å². The topological polar surface area (TPSA) is 20.3 Å². The molecule has 0 bridgehead atoms. The first-order valence-electron chi connectivity index (χ1n) is 7.99. The SMILES string of the molecule is CC(C)C(=O)N(C)CCCCCCCCC(C)(C)C. The molecule has 0 unspecified atom stereocenters. The summed E-state index contributed by atoms with van der Waals surface area (Å²) < 4.78 is 0. The van der Waals surface area contributed by atoms with E-state index in [1.54, 1.807) is 0 Å². The molecular weight excluding hydrogens is 234 g/mol. The van der Waals surface area contributed by atoms with Crippen molar-refractivity contribution in [2.24, 2.45) is 11.3 Å². The van der Waals surface area contributed by atoms with E-state index in [1.807, 2.05) is 25.8 Å². The van der Waals surface area contributed by atoms with Crippen molar-refractivity contribution in [1.82, 2.24) is 4.90 Å². The third-order valence-electron chi connectivity index (χ3n) is 3.54. The van der Waals surface area contributed by atoms with E-state index in [4.69, 9.17) is 0 Å². The lowest BCUT2D eigenvalue weighted by Gasteiger charge is -2.19. The maximum atomic E-state index is 11.7. The molecule has 0 radical (unpaired) electrons. The molecule has 0 saturated carbocycles. The lowest BCUT2D eigenvalue weighted by atomic mass is 9.89. The minimum Gasteiger partial charge on any atom is -0.346 e. The van der Waals surface area contributed by atoms with E-state index in [2.05, 4.69) is 20.8 Å². The van der Waals surface area contributed by atoms with Crippen LogP contribution in [0.4, 0.5) is 0 Å². The molecule has 0 aromatic heterocycles. The standard InChI is InChI=1S/C17H35NO/c1-15(2)16(19)18(6)14-12-10-8-7-9-11-13-17(3,4)5/h15H,7-14H2,1-6H3. The summed E-state index contributed by atoms with van der Waals surface area (Å²) in [5.41, 5.74) is 0.486. The molecule has 0 saturated heterocycles. The molecular formula is C17H35NO. The van der Waals surface area contributed by atoms with Gasteiger partial charge in [-0.1, -0.05) is 66.7 Å². The fourth-order valence-electron chi connectivity index (χ4n) is 2.26. The van der Waals surface area contributed by atoms with Crippen LogP contribution in [0.15, 0.2) is 0 Å². The van der Waals surface area contributed by atoms with Gasteiger partial charge in [0.1, 0.15) is 0 Å². The van der Waals surface area contributed by atoms with Crippen LogP contribution in [0.3, 0.4) is 0 Å². The Labute approximate surface area is 120 Å². The molecule has 0 fully saturated rings. The Morgan fingerprint density at radius 1 is 0.947 bits per heavy atom. The zero-order valence-electron chi connectivity index (χ0n) is 14.1. The van der Waals surface area contributed by atoms with Gasteiger partial charge >= 0.3 is 0 Å². The largest absolute Gasteiger partial charge is 0.346 e. The van der Waals surface area contributed by atoms with Crippen molar-refractivity contribution in [1.29, 1.82) is 0 Å². The van der Waals surface area contributed by atoms with Crippen LogP contribution >= 0.6 is 0 Å². The second kappa shape index (κ2) is 9.39. The van der Waals surface area contributed by atoms with Crippen LogP contribution in [0.25, 0.3) is 0 Å². The van der Waals surface area contributed by atoms with Crippen molar-refractivity contribution in [2.45, 2.75) is 79.6 Å². The summed E-state index contributed by atoms with van der Waals surface area (Å²) in [6.07, 6.45) is 9.11. The van der Waals surface area contributed by atoms with Crippen molar-refractivity contribution >= 4 is 5.91 Å². The maximum absolute atomic E-state index is 11.7. The highest BCUT2D eigenvalue weighted by atomic mass is 16.2. The second-order valence-electron chi connectivity index (χ2n) is 7.35. The van der Waals surface area contributed by atoms with Crippen LogP contribution in [-0.4, -0.2) is 24.4 Å². The maximum Gasteiger partial charge on any atom is 0.224 e. The zero-order valence-corrected chi connectivity index (χ0v) is 14.1. The predicted molar refractivity (Wildman–Crippen MR) is 84.2 cm³/mol. The fraction of sp³-hybridized carbons (Fsp3) is 0.941. The third-order valence-corrected chi connectivity index (χ3v) is 3.54. The number of rotatable bonds is 9. The van der Waals surface area contributed by atoms with Crippen LogP contribution < -0.4 is 0 Å². The molecule has 2 nitrogen and oxygen atoms in total. The van der Waals surface area contributed by atoms with Crippen molar-refractivity contribution in [3.63, 3.8) is 0 Å². The number of carbonyl (C=O) groups is 1. The molecule has 0 aliphatic heterocycles. The second-order valence-corrected chi connectivity index (χ2v) is 7.35. The van der Waals surface area contributed by atoms with Crippen LogP contribution in [0.2, 0.25) is 0 Å². The summed E-state index contributed by atoms with van der Waals surface area (Å²) in [6, 6.07) is 0. The minimum absolute atomic E-state index is 0.127. The highest BCUT2D eigenvalue weighted by molar-refractivity contribution is 5.77. The molecule has 0 aliphatic rings. The molecule has 0 atom stereocenters. The van der Waals surface area contributed by atoms with Gasteiger partial charge in [0.15, 0.2) is 0 Å². The lowest BCUT2D eigenvalue weighted by Crippen LogP contribution is -2.31. The summed E-state index contributed by atoms with van der Waals surface area (Å²) in [5.74, 6) is 0.396. The molecule has 1 amide bonds. The van der Waals surface area contributed by atoms with Gasteiger partial charge in [0.2, 0.25) is 5.91 Å². The van der Waals surface area contributed by atoms with Crippen molar-refractivity contribution < 1.29 is 4.79 Å². The normalized spacial score (nSPS) is 11.9. The molecule has 0 aromatic rings. The first kappa shape index (κ1) is 18.5. The molecule has 2 heteroatoms. The Bertz CT molecular complexity index is 240. The van der Waals surface area contributed by atoms with Crippen molar-refractivity contribution in [3.05, 3.63) is 0 Å². The zero-order chi connectivity index (χ0) is 14.9. The average Bonchev–Trinajstić information content (AvgIpc) is 2.29. The van der Waals surface area contributed by atoms with E-state index >= 15 is 0 Å². The average molecular weight is 269 g/mol. The van der Waals surface area contributed by atoms with Gasteiger partial charge in [-0.05, 0) is 18.3 Å². The minimum atomic E-state index is 0.127. The van der Waals surface area contributed by atoms with Gasteiger partial charge in [0.05, 0.1) is 0 Å². The monoisotopic (exact) mass is 269 g/mol. The number of hydrogen-bond acceptors (Lipinski definition) is 1. The Morgan fingerprint density at radius 3 is 1.89 bits per heavy atom. The van der Waals surface area contributed by atoms with E-state index in [0.29, 0.717) is 5.41 Å². The summed E-state index contributed by atoms with van der Waals surface area (Å²) in [6.45, 7) is 11.8. The van der Waals surface area contributed by atoms with Gasteiger partial charge in [-0.15, -0.1) is 0 Å². The molecule has 0 aliphatic carbocycles. The third kappa shape index (κ3) is 11.0. The van der Waals surface area contributed by atoms with Crippen molar-refractivity contribution in [3.8, 4) is 0 Å². The number of unbranched alkanes of at least 4 members (excludes halogenated alkanes) is 5. The number of nitrogens with zero attached hydrogens (tertiary/aromatic N) is 1. The Morgan fingerprint density at radius 2 is 1.42 bits per heavy atom. The predicted octanol–water partition coefficient (Wildman–Crippen LogP) is 4.88. The highest BCUT2D eigenvalue weighted by Crippen LogP contribution is 2.22. The molecule has 0 aromatic carbocycles. The summed E-state index contributed by atoms with van der Waals surface area (Å²) >= 11 is 0. The van der Waals surface area contributed by atoms with Gasteiger partial charge in [-0.2, -0.15) is 0 Å². The van der Waals surface area contributed by atoms with Gasteiger partial charge < -0.3 is 4.90 Å². The van der Waals surface area contributed by atoms with E-state index < -0.39 is 0 Å². The highest BCUT2D eigenvalue weighted by Gasteiger charge is 2.12. The molecule has 0 heterocycles. The van der Waals surface area contributed by atoms with Crippen molar-refractivity contribution in [2.75, 3.05) is 13.6 Å². The fourth-order valence-corrected chi connectivity index (χ4v) is 2.26. The first-order valence-corrected chi connectivity index (χ1v) is 7.99. The van der Waals surface area contributed by atoms with Crippen LogP contribution in [0, 0.1) is 11.3 Å². The molecule has 19 heavy (non-hydrogen) atoms. The molecule has 0 N–H and O–H groups in total. The van der Waals surface area contributed by atoms with E-state index in [1.165, 1.54) is 38.5 Å². The summed E-state index contributed by atoms with van der Waals surface area (Å²) in [4.78, 5) is 13.5. The van der Waals surface area contributed by atoms with Gasteiger partial charge in [0, 0.05) is 19.5 Å². The first-order chi connectivity index (χ1) is 8.74. The molecule has 0 spiro atoms. The number of hydrogen-bond donors (Lipinski definition) is 0. The number of carbonyl (C=O) groups excluding carboxylic acids is 1. The summed E-state index contributed by atoms with van der Waals surface area (Å²) in [5, 5.41) is 0. The Kier molecular flexibility index (Phi) is 9.12. The Hall–Kier alpha value is -0.530. The Balaban J connectivity index is 3.39. The molecule has 114 valence electrons.